The van der Waals surface area contributed by atoms with Crippen LogP contribution in [0.3, 0.4) is 0 Å². The summed E-state index contributed by atoms with van der Waals surface area (Å²) < 4.78 is 13.8. The smallest absolute Gasteiger partial charge is 0.307 e. The van der Waals surface area contributed by atoms with Gasteiger partial charge in [-0.25, -0.2) is 4.39 Å². The fourth-order valence-electron chi connectivity index (χ4n) is 3.95. The van der Waals surface area contributed by atoms with Crippen molar-refractivity contribution in [1.29, 1.82) is 0 Å². The Hall–Kier alpha value is -3.26. The average molecular weight is 442 g/mol. The van der Waals surface area contributed by atoms with Crippen LogP contribution in [0.1, 0.15) is 36.0 Å². The van der Waals surface area contributed by atoms with E-state index in [1.807, 2.05) is 0 Å². The number of halogens is 1. The molecule has 0 unspecified atom stereocenters. The number of aliphatic carboxylic acids is 1. The van der Waals surface area contributed by atoms with E-state index in [1.165, 1.54) is 6.07 Å². The molecule has 7 nitrogen and oxygen atoms in total. The number of nitrogens with one attached hydrogen (secondary N) is 1. The number of hydrogen-bond acceptors (Lipinski definition) is 4. The van der Waals surface area contributed by atoms with Crippen LogP contribution in [0, 0.1) is 5.82 Å². The summed E-state index contributed by atoms with van der Waals surface area (Å²) in [6.45, 7) is 0.782. The summed E-state index contributed by atoms with van der Waals surface area (Å²) in [5.74, 6) is -1.67. The highest BCUT2D eigenvalue weighted by Crippen LogP contribution is 2.20. The third-order valence-corrected chi connectivity index (χ3v) is 5.60. The Balaban J connectivity index is 1.51. The Kier molecular flexibility index (Phi) is 7.94. The molecule has 2 amide bonds. The van der Waals surface area contributed by atoms with Crippen LogP contribution in [0.4, 0.5) is 4.39 Å². The molecule has 170 valence electrons. The van der Waals surface area contributed by atoms with Gasteiger partial charge in [-0.05, 0) is 42.0 Å². The van der Waals surface area contributed by atoms with E-state index in [0.717, 1.165) is 12.0 Å². The van der Waals surface area contributed by atoms with Crippen LogP contribution in [-0.2, 0) is 33.8 Å². The Morgan fingerprint density at radius 3 is 2.50 bits per heavy atom. The van der Waals surface area contributed by atoms with Crippen molar-refractivity contribution in [3.05, 3.63) is 71.0 Å². The molecule has 8 heteroatoms. The summed E-state index contributed by atoms with van der Waals surface area (Å²) in [6.07, 6.45) is 1.56. The van der Waals surface area contributed by atoms with E-state index in [9.17, 15) is 18.8 Å². The van der Waals surface area contributed by atoms with Gasteiger partial charge in [0.1, 0.15) is 11.9 Å². The van der Waals surface area contributed by atoms with Crippen molar-refractivity contribution < 1.29 is 23.9 Å². The fourth-order valence-corrected chi connectivity index (χ4v) is 3.95. The quantitative estimate of drug-likeness (QED) is 0.551. The number of likely N-dealkylation sites (tertiary alicyclic amines) is 1. The molecule has 2 aromatic carbocycles. The van der Waals surface area contributed by atoms with Gasteiger partial charge in [0.05, 0.1) is 6.42 Å². The standard InChI is InChI=1S/C24H28FN3O4/c25-20-5-2-1-4-18(20)13-19(26)14-22(29)28-11-3-6-21(28)24(32)27-15-17-9-7-16(8-10-17)12-23(30)31/h1-2,4-5,7-10,19,21H,3,6,11-15,26H2,(H,27,32)(H,30,31)/t19-,21+/m1/s1. The van der Waals surface area contributed by atoms with E-state index >= 15 is 0 Å². The largest absolute Gasteiger partial charge is 0.481 e. The minimum absolute atomic E-state index is 0.0448. The third kappa shape index (κ3) is 6.37. The Bertz CT molecular complexity index is 964. The van der Waals surface area contributed by atoms with Gasteiger partial charge in [0, 0.05) is 25.6 Å². The van der Waals surface area contributed by atoms with Gasteiger partial charge < -0.3 is 21.1 Å². The number of hydrogen-bond donors (Lipinski definition) is 3. The second-order valence-electron chi connectivity index (χ2n) is 8.11. The number of nitrogens with two attached hydrogens (primary N) is 1. The molecule has 1 aliphatic heterocycles. The number of carbonyl (C=O) groups excluding carboxylic acids is 2. The minimum Gasteiger partial charge on any atom is -0.481 e. The Labute approximate surface area is 186 Å². The number of carboxylic acid groups (broad SMARTS) is 1. The van der Waals surface area contributed by atoms with Crippen molar-refractivity contribution in [2.45, 2.75) is 50.7 Å². The first kappa shape index (κ1) is 23.4. The topological polar surface area (TPSA) is 113 Å². The first-order valence-corrected chi connectivity index (χ1v) is 10.7. The summed E-state index contributed by atoms with van der Waals surface area (Å²) >= 11 is 0. The molecule has 2 aromatic rings. The first-order chi connectivity index (χ1) is 15.3. The zero-order valence-corrected chi connectivity index (χ0v) is 17.8. The zero-order chi connectivity index (χ0) is 23.1. The second kappa shape index (κ2) is 10.9. The lowest BCUT2D eigenvalue weighted by molar-refractivity contribution is -0.138. The number of rotatable bonds is 9. The van der Waals surface area contributed by atoms with E-state index in [0.29, 0.717) is 24.1 Å². The number of nitrogens with zero attached hydrogens (tertiary/aromatic N) is 1. The summed E-state index contributed by atoms with van der Waals surface area (Å²) in [5.41, 5.74) is 8.09. The normalized spacial score (nSPS) is 16.6. The summed E-state index contributed by atoms with van der Waals surface area (Å²) in [7, 11) is 0. The van der Waals surface area contributed by atoms with Crippen molar-refractivity contribution in [1.82, 2.24) is 10.2 Å². The predicted octanol–water partition coefficient (Wildman–Crippen LogP) is 2.02. The van der Waals surface area contributed by atoms with Crippen LogP contribution in [0.2, 0.25) is 0 Å². The fraction of sp³-hybridized carbons (Fsp3) is 0.375. The molecule has 1 aliphatic rings. The molecule has 2 atom stereocenters. The van der Waals surface area contributed by atoms with Crippen molar-refractivity contribution in [3.8, 4) is 0 Å². The summed E-state index contributed by atoms with van der Waals surface area (Å²) in [5, 5.41) is 11.7. The van der Waals surface area contributed by atoms with Gasteiger partial charge >= 0.3 is 5.97 Å². The maximum Gasteiger partial charge on any atom is 0.307 e. The first-order valence-electron chi connectivity index (χ1n) is 10.7. The van der Waals surface area contributed by atoms with Crippen LogP contribution < -0.4 is 11.1 Å². The van der Waals surface area contributed by atoms with Crippen molar-refractivity contribution in [2.75, 3.05) is 6.54 Å². The molecule has 0 bridgehead atoms. The average Bonchev–Trinajstić information content (AvgIpc) is 3.24. The van der Waals surface area contributed by atoms with Crippen LogP contribution in [0.15, 0.2) is 48.5 Å². The van der Waals surface area contributed by atoms with Crippen molar-refractivity contribution in [2.24, 2.45) is 5.73 Å². The van der Waals surface area contributed by atoms with Gasteiger partial charge in [0.15, 0.2) is 0 Å². The van der Waals surface area contributed by atoms with Gasteiger partial charge in [0.2, 0.25) is 11.8 Å². The highest BCUT2D eigenvalue weighted by molar-refractivity contribution is 5.88. The van der Waals surface area contributed by atoms with E-state index < -0.39 is 18.1 Å². The molecule has 4 N–H and O–H groups in total. The second-order valence-corrected chi connectivity index (χ2v) is 8.11. The number of amides is 2. The molecule has 0 aliphatic carbocycles. The molecule has 32 heavy (non-hydrogen) atoms. The molecule has 3 rings (SSSR count). The lowest BCUT2D eigenvalue weighted by atomic mass is 10.0. The SMILES string of the molecule is N[C@@H](CC(=O)N1CCC[C@H]1C(=O)NCc1ccc(CC(=O)O)cc1)Cc1ccccc1F. The molecular weight excluding hydrogens is 413 g/mol. The van der Waals surface area contributed by atoms with E-state index in [-0.39, 0.29) is 43.4 Å². The van der Waals surface area contributed by atoms with Gasteiger partial charge in [-0.2, -0.15) is 0 Å². The summed E-state index contributed by atoms with van der Waals surface area (Å²) in [4.78, 5) is 37.8. The van der Waals surface area contributed by atoms with E-state index in [4.69, 9.17) is 10.8 Å². The Morgan fingerprint density at radius 1 is 1.12 bits per heavy atom. The number of carboxylic acids is 1. The highest BCUT2D eigenvalue weighted by atomic mass is 19.1. The third-order valence-electron chi connectivity index (χ3n) is 5.60. The molecule has 0 radical (unpaired) electrons. The van der Waals surface area contributed by atoms with Crippen molar-refractivity contribution in [3.63, 3.8) is 0 Å². The Morgan fingerprint density at radius 2 is 1.81 bits per heavy atom. The highest BCUT2D eigenvalue weighted by Gasteiger charge is 2.34. The maximum atomic E-state index is 13.8. The van der Waals surface area contributed by atoms with Crippen LogP contribution in [0.5, 0.6) is 0 Å². The molecule has 0 spiro atoms. The molecule has 1 heterocycles. The van der Waals surface area contributed by atoms with Gasteiger partial charge in [-0.15, -0.1) is 0 Å². The van der Waals surface area contributed by atoms with Gasteiger partial charge in [-0.3, -0.25) is 14.4 Å². The van der Waals surface area contributed by atoms with Crippen LogP contribution in [-0.4, -0.2) is 46.4 Å². The molecule has 0 aromatic heterocycles. The molecule has 0 saturated carbocycles. The van der Waals surface area contributed by atoms with Gasteiger partial charge in [0.25, 0.3) is 0 Å². The number of benzene rings is 2. The molecule has 1 fully saturated rings. The lowest BCUT2D eigenvalue weighted by Crippen LogP contribution is -2.47. The monoisotopic (exact) mass is 441 g/mol. The van der Waals surface area contributed by atoms with E-state index in [1.54, 1.807) is 47.4 Å². The lowest BCUT2D eigenvalue weighted by Gasteiger charge is -2.25. The molecule has 1 saturated heterocycles. The minimum atomic E-state index is -0.898. The number of carbonyl (C=O) groups is 3. The van der Waals surface area contributed by atoms with Crippen LogP contribution >= 0.6 is 0 Å². The predicted molar refractivity (Wildman–Crippen MR) is 117 cm³/mol. The van der Waals surface area contributed by atoms with Crippen molar-refractivity contribution >= 4 is 17.8 Å². The maximum absolute atomic E-state index is 13.8. The van der Waals surface area contributed by atoms with Gasteiger partial charge in [-0.1, -0.05) is 42.5 Å². The zero-order valence-electron chi connectivity index (χ0n) is 17.8. The van der Waals surface area contributed by atoms with Crippen LogP contribution in [0.25, 0.3) is 0 Å². The summed E-state index contributed by atoms with van der Waals surface area (Å²) in [6, 6.07) is 12.3. The van der Waals surface area contributed by atoms with E-state index in [2.05, 4.69) is 5.32 Å². The molecular formula is C24H28FN3O4.